The van der Waals surface area contributed by atoms with Gasteiger partial charge in [0.25, 0.3) is 0 Å². The fourth-order valence-electron chi connectivity index (χ4n) is 2.14. The summed E-state index contributed by atoms with van der Waals surface area (Å²) in [5.74, 6) is 2.11. The fraction of sp³-hybridized carbons (Fsp3) is 1.00. The molecule has 82 valence electrons. The van der Waals surface area contributed by atoms with E-state index in [4.69, 9.17) is 5.73 Å². The minimum absolute atomic E-state index is 0.469. The van der Waals surface area contributed by atoms with Crippen molar-refractivity contribution < 1.29 is 0 Å². The zero-order chi connectivity index (χ0) is 10.1. The SMILES string of the molecule is CC1SCC(C(N)C2CCC2)SC1C. The van der Waals surface area contributed by atoms with E-state index in [0.29, 0.717) is 6.04 Å². The second kappa shape index (κ2) is 4.67. The van der Waals surface area contributed by atoms with Gasteiger partial charge in [-0.3, -0.25) is 0 Å². The van der Waals surface area contributed by atoms with Gasteiger partial charge in [-0.05, 0) is 18.8 Å². The van der Waals surface area contributed by atoms with Crippen molar-refractivity contribution in [1.29, 1.82) is 0 Å². The van der Waals surface area contributed by atoms with Gasteiger partial charge in [0.2, 0.25) is 0 Å². The molecule has 4 atom stereocenters. The van der Waals surface area contributed by atoms with Crippen molar-refractivity contribution in [3.05, 3.63) is 0 Å². The molecule has 1 saturated carbocycles. The Morgan fingerprint density at radius 3 is 2.43 bits per heavy atom. The molecule has 1 heterocycles. The van der Waals surface area contributed by atoms with Crippen LogP contribution < -0.4 is 5.73 Å². The van der Waals surface area contributed by atoms with Crippen molar-refractivity contribution in [1.82, 2.24) is 0 Å². The van der Waals surface area contributed by atoms with Crippen LogP contribution >= 0.6 is 23.5 Å². The monoisotopic (exact) mass is 231 g/mol. The molecule has 2 aliphatic rings. The molecule has 0 aromatic rings. The zero-order valence-corrected chi connectivity index (χ0v) is 10.7. The van der Waals surface area contributed by atoms with Gasteiger partial charge in [-0.25, -0.2) is 0 Å². The quantitative estimate of drug-likeness (QED) is 0.791. The average Bonchev–Trinajstić information content (AvgIpc) is 2.06. The summed E-state index contributed by atoms with van der Waals surface area (Å²) >= 11 is 4.25. The van der Waals surface area contributed by atoms with Gasteiger partial charge in [0.1, 0.15) is 0 Å². The van der Waals surface area contributed by atoms with Gasteiger partial charge in [-0.1, -0.05) is 20.3 Å². The molecular formula is C11H21NS2. The maximum Gasteiger partial charge on any atom is 0.0295 e. The minimum Gasteiger partial charge on any atom is -0.326 e. The summed E-state index contributed by atoms with van der Waals surface area (Å²) in [6.07, 6.45) is 4.18. The normalized spacial score (nSPS) is 41.8. The Hall–Kier alpha value is 0.660. The summed E-state index contributed by atoms with van der Waals surface area (Å²) in [7, 11) is 0. The molecule has 2 rings (SSSR count). The lowest BCUT2D eigenvalue weighted by atomic mass is 9.79. The van der Waals surface area contributed by atoms with E-state index in [1.54, 1.807) is 0 Å². The van der Waals surface area contributed by atoms with Crippen molar-refractivity contribution in [3.8, 4) is 0 Å². The van der Waals surface area contributed by atoms with Crippen LogP contribution in [0.1, 0.15) is 33.1 Å². The Balaban J connectivity index is 1.85. The lowest BCUT2D eigenvalue weighted by Crippen LogP contribution is -2.46. The first-order chi connectivity index (χ1) is 6.68. The third kappa shape index (κ3) is 2.25. The van der Waals surface area contributed by atoms with Crippen LogP contribution in [-0.4, -0.2) is 27.5 Å². The Kier molecular flexibility index (Phi) is 3.72. The van der Waals surface area contributed by atoms with Crippen LogP contribution in [0.4, 0.5) is 0 Å². The molecule has 0 amide bonds. The molecule has 2 fully saturated rings. The number of hydrogen-bond acceptors (Lipinski definition) is 3. The Bertz CT molecular complexity index is 194. The highest BCUT2D eigenvalue weighted by atomic mass is 32.2. The predicted octanol–water partition coefficient (Wildman–Crippen LogP) is 2.74. The topological polar surface area (TPSA) is 26.0 Å². The molecule has 2 N–H and O–H groups in total. The standard InChI is InChI=1S/C11H21NS2/c1-7-8(2)14-10(6-13-7)11(12)9-4-3-5-9/h7-11H,3-6,12H2,1-2H3. The summed E-state index contributed by atoms with van der Waals surface area (Å²) in [6, 6.07) is 0.469. The Morgan fingerprint density at radius 2 is 1.93 bits per heavy atom. The lowest BCUT2D eigenvalue weighted by molar-refractivity contribution is 0.261. The average molecular weight is 231 g/mol. The van der Waals surface area contributed by atoms with Gasteiger partial charge in [0.05, 0.1) is 0 Å². The fourth-order valence-corrected chi connectivity index (χ4v) is 5.28. The smallest absolute Gasteiger partial charge is 0.0295 e. The van der Waals surface area contributed by atoms with E-state index in [0.717, 1.165) is 21.7 Å². The van der Waals surface area contributed by atoms with E-state index < -0.39 is 0 Å². The van der Waals surface area contributed by atoms with Crippen molar-refractivity contribution in [2.24, 2.45) is 11.7 Å². The molecule has 0 bridgehead atoms. The summed E-state index contributed by atoms with van der Waals surface area (Å²) in [6.45, 7) is 4.69. The second-order valence-corrected chi connectivity index (χ2v) is 7.72. The molecule has 0 spiro atoms. The van der Waals surface area contributed by atoms with Gasteiger partial charge in [-0.15, -0.1) is 0 Å². The van der Waals surface area contributed by atoms with Crippen LogP contribution in [0.25, 0.3) is 0 Å². The van der Waals surface area contributed by atoms with E-state index in [9.17, 15) is 0 Å². The first-order valence-electron chi connectivity index (χ1n) is 5.71. The molecule has 3 heteroatoms. The van der Waals surface area contributed by atoms with Crippen LogP contribution in [0.15, 0.2) is 0 Å². The highest BCUT2D eigenvalue weighted by Gasteiger charge is 2.35. The van der Waals surface area contributed by atoms with E-state index in [2.05, 4.69) is 37.4 Å². The number of hydrogen-bond donors (Lipinski definition) is 1. The zero-order valence-electron chi connectivity index (χ0n) is 9.11. The summed E-state index contributed by atoms with van der Waals surface area (Å²) in [5.41, 5.74) is 6.33. The summed E-state index contributed by atoms with van der Waals surface area (Å²) < 4.78 is 0. The molecule has 0 aromatic carbocycles. The molecular weight excluding hydrogens is 210 g/mol. The molecule has 0 aromatic heterocycles. The molecule has 4 unspecified atom stereocenters. The summed E-state index contributed by atoms with van der Waals surface area (Å²) in [4.78, 5) is 0. The number of rotatable bonds is 2. The van der Waals surface area contributed by atoms with Crippen LogP contribution in [0.3, 0.4) is 0 Å². The van der Waals surface area contributed by atoms with Crippen LogP contribution in [-0.2, 0) is 0 Å². The van der Waals surface area contributed by atoms with Gasteiger partial charge in [-0.2, -0.15) is 23.5 Å². The molecule has 1 saturated heterocycles. The Labute approximate surface area is 96.0 Å². The van der Waals surface area contributed by atoms with Crippen molar-refractivity contribution in [2.75, 3.05) is 5.75 Å². The molecule has 1 aliphatic carbocycles. The van der Waals surface area contributed by atoms with Gasteiger partial charge >= 0.3 is 0 Å². The predicted molar refractivity (Wildman–Crippen MR) is 68.1 cm³/mol. The largest absolute Gasteiger partial charge is 0.326 e. The van der Waals surface area contributed by atoms with E-state index >= 15 is 0 Å². The molecule has 1 aliphatic heterocycles. The maximum absolute atomic E-state index is 6.33. The highest BCUT2D eigenvalue weighted by Crippen LogP contribution is 2.41. The second-order valence-electron chi connectivity index (χ2n) is 4.69. The third-order valence-electron chi connectivity index (χ3n) is 3.70. The lowest BCUT2D eigenvalue weighted by Gasteiger charge is -2.40. The van der Waals surface area contributed by atoms with Crippen LogP contribution in [0.2, 0.25) is 0 Å². The van der Waals surface area contributed by atoms with Crippen molar-refractivity contribution in [2.45, 2.75) is 54.9 Å². The number of nitrogens with two attached hydrogens (primary N) is 1. The van der Waals surface area contributed by atoms with Crippen LogP contribution in [0.5, 0.6) is 0 Å². The molecule has 14 heavy (non-hydrogen) atoms. The Morgan fingerprint density at radius 1 is 1.21 bits per heavy atom. The first kappa shape index (κ1) is 11.2. The first-order valence-corrected chi connectivity index (χ1v) is 7.70. The summed E-state index contributed by atoms with van der Waals surface area (Å²) in [5, 5.41) is 2.31. The molecule has 0 radical (unpaired) electrons. The van der Waals surface area contributed by atoms with Crippen molar-refractivity contribution in [3.63, 3.8) is 0 Å². The number of thioether (sulfide) groups is 2. The van der Waals surface area contributed by atoms with E-state index in [1.165, 1.54) is 25.0 Å². The van der Waals surface area contributed by atoms with Gasteiger partial charge < -0.3 is 5.73 Å². The highest BCUT2D eigenvalue weighted by molar-refractivity contribution is 8.07. The van der Waals surface area contributed by atoms with E-state index in [-0.39, 0.29) is 0 Å². The van der Waals surface area contributed by atoms with Crippen molar-refractivity contribution >= 4 is 23.5 Å². The van der Waals surface area contributed by atoms with Gasteiger partial charge in [0, 0.05) is 27.5 Å². The molecule has 1 nitrogen and oxygen atoms in total. The van der Waals surface area contributed by atoms with Gasteiger partial charge in [0.15, 0.2) is 0 Å². The van der Waals surface area contributed by atoms with E-state index in [1.807, 2.05) is 0 Å². The van der Waals surface area contributed by atoms with Crippen LogP contribution in [0, 0.1) is 5.92 Å². The third-order valence-corrected chi connectivity index (χ3v) is 7.23. The maximum atomic E-state index is 6.33. The minimum atomic E-state index is 0.469.